The summed E-state index contributed by atoms with van der Waals surface area (Å²) in [6.45, 7) is 3.85. The van der Waals surface area contributed by atoms with Crippen molar-refractivity contribution in [3.8, 4) is 0 Å². The van der Waals surface area contributed by atoms with Crippen molar-refractivity contribution in [2.45, 2.75) is 26.9 Å². The molecule has 3 N–H and O–H groups in total. The lowest BCUT2D eigenvalue weighted by Crippen LogP contribution is -2.40. The highest BCUT2D eigenvalue weighted by Crippen LogP contribution is 2.18. The first kappa shape index (κ1) is 13.8. The molecular weight excluding hydrogens is 264 g/mol. The monoisotopic (exact) mass is 278 g/mol. The number of hydrogen-bond acceptors (Lipinski definition) is 5. The smallest absolute Gasteiger partial charge is 0.339 e. The van der Waals surface area contributed by atoms with Gasteiger partial charge >= 0.3 is 11.7 Å². The lowest BCUT2D eigenvalue weighted by Gasteiger charge is -2.12. The topological polar surface area (TPSA) is 120 Å². The van der Waals surface area contributed by atoms with Crippen LogP contribution in [0, 0.1) is 0 Å². The maximum absolute atomic E-state index is 12.3. The molecule has 106 valence electrons. The van der Waals surface area contributed by atoms with E-state index >= 15 is 0 Å². The fourth-order valence-electron chi connectivity index (χ4n) is 2.12. The Labute approximate surface area is 113 Å². The molecule has 0 atom stereocenters. The predicted octanol–water partition coefficient (Wildman–Crippen LogP) is -0.122. The van der Waals surface area contributed by atoms with Crippen LogP contribution < -0.4 is 17.0 Å². The third kappa shape index (κ3) is 1.77. The summed E-state index contributed by atoms with van der Waals surface area (Å²) in [6.07, 6.45) is 1.06. The molecule has 0 saturated heterocycles. The lowest BCUT2D eigenvalue weighted by atomic mass is 10.2. The largest absolute Gasteiger partial charge is 0.478 e. The third-order valence-electron chi connectivity index (χ3n) is 3.14. The Hall–Kier alpha value is -2.64. The van der Waals surface area contributed by atoms with E-state index in [1.807, 2.05) is 0 Å². The van der Waals surface area contributed by atoms with Crippen molar-refractivity contribution >= 4 is 22.7 Å². The summed E-state index contributed by atoms with van der Waals surface area (Å²) >= 11 is 0. The van der Waals surface area contributed by atoms with Gasteiger partial charge in [0.1, 0.15) is 10.9 Å². The predicted molar refractivity (Wildman–Crippen MR) is 73.0 cm³/mol. The van der Waals surface area contributed by atoms with Gasteiger partial charge in [0.2, 0.25) is 0 Å². The first-order valence-corrected chi connectivity index (χ1v) is 6.09. The molecule has 0 fully saturated rings. The molecule has 0 spiro atoms. The highest BCUT2D eigenvalue weighted by Gasteiger charge is 2.19. The molecule has 0 bridgehead atoms. The molecule has 2 aromatic rings. The Balaban J connectivity index is 3.11. The van der Waals surface area contributed by atoms with Crippen molar-refractivity contribution < 1.29 is 9.90 Å². The van der Waals surface area contributed by atoms with Gasteiger partial charge in [-0.05, 0) is 13.8 Å². The number of pyridine rings is 1. The van der Waals surface area contributed by atoms with Crippen LogP contribution in [-0.2, 0) is 13.1 Å². The van der Waals surface area contributed by atoms with Gasteiger partial charge in [-0.2, -0.15) is 0 Å². The van der Waals surface area contributed by atoms with Crippen LogP contribution in [-0.4, -0.2) is 25.2 Å². The van der Waals surface area contributed by atoms with Gasteiger partial charge in [0, 0.05) is 19.3 Å². The zero-order valence-corrected chi connectivity index (χ0v) is 11.1. The number of hydrogen-bond donors (Lipinski definition) is 2. The molecule has 8 nitrogen and oxygen atoms in total. The van der Waals surface area contributed by atoms with Crippen molar-refractivity contribution in [1.82, 2.24) is 14.1 Å². The van der Waals surface area contributed by atoms with Crippen LogP contribution in [0.1, 0.15) is 24.2 Å². The average molecular weight is 278 g/mol. The van der Waals surface area contributed by atoms with Gasteiger partial charge in [-0.1, -0.05) is 0 Å². The summed E-state index contributed by atoms with van der Waals surface area (Å²) < 4.78 is 2.30. The van der Waals surface area contributed by atoms with E-state index in [0.717, 1.165) is 10.8 Å². The van der Waals surface area contributed by atoms with Crippen molar-refractivity contribution in [2.75, 3.05) is 5.73 Å². The number of aryl methyl sites for hydroxylation is 1. The van der Waals surface area contributed by atoms with E-state index in [4.69, 9.17) is 10.8 Å². The number of aromatic carboxylic acids is 1. The summed E-state index contributed by atoms with van der Waals surface area (Å²) in [5.74, 6) is -1.27. The summed E-state index contributed by atoms with van der Waals surface area (Å²) in [5.41, 5.74) is 4.35. The second kappa shape index (κ2) is 4.80. The van der Waals surface area contributed by atoms with Gasteiger partial charge in [0.15, 0.2) is 5.65 Å². The lowest BCUT2D eigenvalue weighted by molar-refractivity contribution is 0.0698. The maximum atomic E-state index is 12.3. The molecule has 0 aliphatic carbocycles. The average Bonchev–Trinajstić information content (AvgIpc) is 2.39. The summed E-state index contributed by atoms with van der Waals surface area (Å²) in [6, 6.07) is 0. The minimum absolute atomic E-state index is 0.0341. The Kier molecular flexibility index (Phi) is 3.31. The number of aromatic nitrogens is 3. The van der Waals surface area contributed by atoms with Crippen LogP contribution in [0.3, 0.4) is 0 Å². The van der Waals surface area contributed by atoms with Crippen LogP contribution in [0.5, 0.6) is 0 Å². The molecule has 0 radical (unpaired) electrons. The molecule has 0 aliphatic heterocycles. The second-order valence-corrected chi connectivity index (χ2v) is 4.17. The number of rotatable bonds is 3. The molecule has 20 heavy (non-hydrogen) atoms. The third-order valence-corrected chi connectivity index (χ3v) is 3.14. The standard InChI is InChI=1S/C12H14N4O4/c1-3-15-9-7(10(17)16(4-2)12(15)20)8(13)6(5-14-9)11(18)19/h5H,3-4H2,1-2H3,(H2,13,14)(H,18,19). The van der Waals surface area contributed by atoms with Gasteiger partial charge in [-0.15, -0.1) is 0 Å². The van der Waals surface area contributed by atoms with Crippen LogP contribution in [0.25, 0.3) is 11.0 Å². The van der Waals surface area contributed by atoms with Gasteiger partial charge in [-0.3, -0.25) is 13.9 Å². The minimum atomic E-state index is -1.27. The highest BCUT2D eigenvalue weighted by molar-refractivity contribution is 6.02. The normalized spacial score (nSPS) is 10.9. The molecule has 0 unspecified atom stereocenters. The molecule has 8 heteroatoms. The number of nitrogens with zero attached hydrogens (tertiary/aromatic N) is 3. The second-order valence-electron chi connectivity index (χ2n) is 4.17. The Morgan fingerprint density at radius 2 is 1.90 bits per heavy atom. The van der Waals surface area contributed by atoms with E-state index in [-0.39, 0.29) is 28.8 Å². The quantitative estimate of drug-likeness (QED) is 0.807. The van der Waals surface area contributed by atoms with Crippen LogP contribution in [0.15, 0.2) is 15.8 Å². The van der Waals surface area contributed by atoms with Crippen molar-refractivity contribution in [3.63, 3.8) is 0 Å². The zero-order valence-electron chi connectivity index (χ0n) is 11.1. The minimum Gasteiger partial charge on any atom is -0.478 e. The summed E-state index contributed by atoms with van der Waals surface area (Å²) in [5, 5.41) is 8.99. The number of nitrogen functional groups attached to an aromatic ring is 1. The number of carbonyl (C=O) groups is 1. The Morgan fingerprint density at radius 3 is 2.40 bits per heavy atom. The SMILES string of the molecule is CCn1c(=O)c2c(N)c(C(=O)O)cnc2n(CC)c1=O. The fraction of sp³-hybridized carbons (Fsp3) is 0.333. The van der Waals surface area contributed by atoms with Gasteiger partial charge < -0.3 is 10.8 Å². The molecule has 0 saturated carbocycles. The van der Waals surface area contributed by atoms with E-state index in [9.17, 15) is 14.4 Å². The van der Waals surface area contributed by atoms with E-state index in [2.05, 4.69) is 4.98 Å². The Morgan fingerprint density at radius 1 is 1.30 bits per heavy atom. The van der Waals surface area contributed by atoms with Gasteiger partial charge in [0.25, 0.3) is 5.56 Å². The molecule has 2 heterocycles. The molecule has 2 aromatic heterocycles. The number of carboxylic acids is 1. The van der Waals surface area contributed by atoms with E-state index in [1.54, 1.807) is 13.8 Å². The molecule has 0 aromatic carbocycles. The molecular formula is C12H14N4O4. The van der Waals surface area contributed by atoms with Crippen molar-refractivity contribution in [1.29, 1.82) is 0 Å². The van der Waals surface area contributed by atoms with Crippen molar-refractivity contribution in [2.24, 2.45) is 0 Å². The van der Waals surface area contributed by atoms with Crippen LogP contribution >= 0.6 is 0 Å². The van der Waals surface area contributed by atoms with Gasteiger partial charge in [-0.25, -0.2) is 14.6 Å². The van der Waals surface area contributed by atoms with E-state index in [1.165, 1.54) is 4.57 Å². The Bertz CT molecular complexity index is 819. The molecule has 0 aliphatic rings. The van der Waals surface area contributed by atoms with Gasteiger partial charge in [0.05, 0.1) is 5.69 Å². The first-order valence-electron chi connectivity index (χ1n) is 6.09. The van der Waals surface area contributed by atoms with Crippen LogP contribution in [0.2, 0.25) is 0 Å². The van der Waals surface area contributed by atoms with Crippen LogP contribution in [0.4, 0.5) is 5.69 Å². The van der Waals surface area contributed by atoms with Crippen molar-refractivity contribution in [3.05, 3.63) is 32.6 Å². The van der Waals surface area contributed by atoms with E-state index in [0.29, 0.717) is 6.54 Å². The number of anilines is 1. The van der Waals surface area contributed by atoms with E-state index < -0.39 is 17.2 Å². The number of carboxylic acid groups (broad SMARTS) is 1. The number of fused-ring (bicyclic) bond motifs is 1. The summed E-state index contributed by atoms with van der Waals surface area (Å²) in [4.78, 5) is 39.4. The fourth-order valence-corrected chi connectivity index (χ4v) is 2.12. The number of nitrogens with two attached hydrogens (primary N) is 1. The highest BCUT2D eigenvalue weighted by atomic mass is 16.4. The first-order chi connectivity index (χ1) is 9.43. The summed E-state index contributed by atoms with van der Waals surface area (Å²) in [7, 11) is 0. The zero-order chi connectivity index (χ0) is 15.0. The molecule has 2 rings (SSSR count). The molecule has 0 amide bonds. The maximum Gasteiger partial charge on any atom is 0.339 e.